The summed E-state index contributed by atoms with van der Waals surface area (Å²) < 4.78 is 43.5. The largest absolute Gasteiger partial charge is 0.416 e. The number of allylic oxidation sites excluding steroid dienone is 1. The van der Waals surface area contributed by atoms with Crippen LogP contribution in [0.25, 0.3) is 23.0 Å². The van der Waals surface area contributed by atoms with Crippen LogP contribution in [-0.4, -0.2) is 10.1 Å². The Morgan fingerprint density at radius 2 is 1.79 bits per heavy atom. The average molecular weight is 330 g/mol. The zero-order valence-electron chi connectivity index (χ0n) is 12.7. The summed E-state index contributed by atoms with van der Waals surface area (Å²) in [5.74, 6) is 0.392. The average Bonchev–Trinajstić information content (AvgIpc) is 3.05. The minimum Gasteiger partial charge on any atom is -0.334 e. The molecule has 0 saturated carbocycles. The fourth-order valence-corrected chi connectivity index (χ4v) is 2.20. The molecule has 0 aliphatic rings. The Balaban J connectivity index is 1.90. The van der Waals surface area contributed by atoms with E-state index in [1.54, 1.807) is 6.92 Å². The topological polar surface area (TPSA) is 38.9 Å². The molecule has 0 aliphatic heterocycles. The van der Waals surface area contributed by atoms with Crippen LogP contribution in [-0.2, 0) is 6.18 Å². The van der Waals surface area contributed by atoms with Crippen molar-refractivity contribution in [3.8, 4) is 11.4 Å². The number of hydrogen-bond acceptors (Lipinski definition) is 3. The molecule has 3 nitrogen and oxygen atoms in total. The van der Waals surface area contributed by atoms with E-state index in [0.29, 0.717) is 0 Å². The van der Waals surface area contributed by atoms with Gasteiger partial charge in [0.2, 0.25) is 5.82 Å². The van der Waals surface area contributed by atoms with Crippen molar-refractivity contribution >= 4 is 11.6 Å². The van der Waals surface area contributed by atoms with Gasteiger partial charge in [-0.15, -0.1) is 0 Å². The maximum absolute atomic E-state index is 12.8. The van der Waals surface area contributed by atoms with Gasteiger partial charge in [0, 0.05) is 11.1 Å². The van der Waals surface area contributed by atoms with E-state index in [9.17, 15) is 13.2 Å². The lowest BCUT2D eigenvalue weighted by molar-refractivity contribution is -0.137. The number of benzene rings is 2. The van der Waals surface area contributed by atoms with Crippen molar-refractivity contribution in [3.63, 3.8) is 0 Å². The van der Waals surface area contributed by atoms with Crippen molar-refractivity contribution in [3.05, 3.63) is 71.6 Å². The second-order valence-electron chi connectivity index (χ2n) is 5.24. The Morgan fingerprint density at radius 3 is 2.50 bits per heavy atom. The molecule has 3 aromatic rings. The second-order valence-corrected chi connectivity index (χ2v) is 5.24. The van der Waals surface area contributed by atoms with E-state index in [1.165, 1.54) is 12.1 Å². The highest BCUT2D eigenvalue weighted by Gasteiger charge is 2.30. The van der Waals surface area contributed by atoms with Crippen LogP contribution in [0.5, 0.6) is 0 Å². The van der Waals surface area contributed by atoms with Gasteiger partial charge < -0.3 is 4.52 Å². The molecule has 3 rings (SSSR count). The normalized spacial score (nSPS) is 12.4. The minimum absolute atomic E-state index is 0.122. The maximum Gasteiger partial charge on any atom is 0.416 e. The standard InChI is InChI=1S/C18H13F3N2O/c1-12(10-13-6-3-2-4-7-13)17-22-16(23-24-17)14-8-5-9-15(11-14)18(19,20)21/h2-11H,1H3. The molecule has 0 bridgehead atoms. The highest BCUT2D eigenvalue weighted by Crippen LogP contribution is 2.31. The summed E-state index contributed by atoms with van der Waals surface area (Å²) >= 11 is 0. The van der Waals surface area contributed by atoms with Gasteiger partial charge in [-0.3, -0.25) is 0 Å². The summed E-state index contributed by atoms with van der Waals surface area (Å²) in [6.45, 7) is 1.80. The van der Waals surface area contributed by atoms with Crippen molar-refractivity contribution in [2.75, 3.05) is 0 Å². The SMILES string of the molecule is CC(=Cc1ccccc1)c1nc(-c2cccc(C(F)(F)F)c2)no1. The molecule has 0 unspecified atom stereocenters. The molecule has 0 aliphatic carbocycles. The van der Waals surface area contributed by atoms with E-state index in [0.717, 1.165) is 23.3 Å². The quantitative estimate of drug-likeness (QED) is 0.653. The smallest absolute Gasteiger partial charge is 0.334 e. The Morgan fingerprint density at radius 1 is 1.04 bits per heavy atom. The lowest BCUT2D eigenvalue weighted by atomic mass is 10.1. The van der Waals surface area contributed by atoms with Gasteiger partial charge >= 0.3 is 6.18 Å². The predicted molar refractivity (Wildman–Crippen MR) is 84.7 cm³/mol. The molecule has 0 fully saturated rings. The number of rotatable bonds is 3. The molecule has 24 heavy (non-hydrogen) atoms. The summed E-state index contributed by atoms with van der Waals surface area (Å²) in [4.78, 5) is 4.19. The molecule has 2 aromatic carbocycles. The Kier molecular flexibility index (Phi) is 4.20. The van der Waals surface area contributed by atoms with Crippen LogP contribution < -0.4 is 0 Å². The molecule has 0 atom stereocenters. The van der Waals surface area contributed by atoms with E-state index in [2.05, 4.69) is 10.1 Å². The minimum atomic E-state index is -4.41. The third-order valence-electron chi connectivity index (χ3n) is 3.39. The van der Waals surface area contributed by atoms with Crippen molar-refractivity contribution < 1.29 is 17.7 Å². The van der Waals surface area contributed by atoms with Gasteiger partial charge in [0.1, 0.15) is 0 Å². The van der Waals surface area contributed by atoms with Gasteiger partial charge in [-0.05, 0) is 30.7 Å². The van der Waals surface area contributed by atoms with Crippen molar-refractivity contribution in [2.24, 2.45) is 0 Å². The highest BCUT2D eigenvalue weighted by molar-refractivity contribution is 5.77. The molecule has 0 saturated heterocycles. The fourth-order valence-electron chi connectivity index (χ4n) is 2.20. The first kappa shape index (κ1) is 16.0. The number of nitrogens with zero attached hydrogens (tertiary/aromatic N) is 2. The lowest BCUT2D eigenvalue weighted by Crippen LogP contribution is -2.04. The van der Waals surface area contributed by atoms with Crippen molar-refractivity contribution in [2.45, 2.75) is 13.1 Å². The third kappa shape index (κ3) is 3.53. The van der Waals surface area contributed by atoms with Gasteiger partial charge in [0.25, 0.3) is 5.89 Å². The molecule has 1 aromatic heterocycles. The van der Waals surface area contributed by atoms with Crippen LogP contribution in [0.3, 0.4) is 0 Å². The van der Waals surface area contributed by atoms with Crippen LogP contribution in [0.1, 0.15) is 23.9 Å². The summed E-state index contributed by atoms with van der Waals surface area (Å²) in [5.41, 5.74) is 1.20. The summed E-state index contributed by atoms with van der Waals surface area (Å²) in [6.07, 6.45) is -2.55. The number of alkyl halides is 3. The van der Waals surface area contributed by atoms with Crippen LogP contribution in [0, 0.1) is 0 Å². The van der Waals surface area contributed by atoms with E-state index in [-0.39, 0.29) is 17.3 Å². The third-order valence-corrected chi connectivity index (χ3v) is 3.39. The predicted octanol–water partition coefficient (Wildman–Crippen LogP) is 5.32. The molecule has 0 N–H and O–H groups in total. The van der Waals surface area contributed by atoms with Crippen LogP contribution in [0.15, 0.2) is 59.1 Å². The van der Waals surface area contributed by atoms with E-state index in [1.807, 2.05) is 36.4 Å². The zero-order chi connectivity index (χ0) is 17.2. The van der Waals surface area contributed by atoms with E-state index < -0.39 is 11.7 Å². The van der Waals surface area contributed by atoms with E-state index >= 15 is 0 Å². The lowest BCUT2D eigenvalue weighted by Gasteiger charge is -2.06. The molecule has 0 spiro atoms. The fraction of sp³-hybridized carbons (Fsp3) is 0.111. The van der Waals surface area contributed by atoms with Crippen molar-refractivity contribution in [1.29, 1.82) is 0 Å². The molecule has 122 valence electrons. The Hall–Kier alpha value is -2.89. The van der Waals surface area contributed by atoms with Gasteiger partial charge in [-0.2, -0.15) is 18.2 Å². The van der Waals surface area contributed by atoms with Gasteiger partial charge in [0.05, 0.1) is 5.56 Å². The van der Waals surface area contributed by atoms with E-state index in [4.69, 9.17) is 4.52 Å². The van der Waals surface area contributed by atoms with Gasteiger partial charge in [-0.1, -0.05) is 47.6 Å². The van der Waals surface area contributed by atoms with Gasteiger partial charge in [0.15, 0.2) is 0 Å². The summed E-state index contributed by atoms with van der Waals surface area (Å²) in [7, 11) is 0. The highest BCUT2D eigenvalue weighted by atomic mass is 19.4. The molecule has 0 amide bonds. The summed E-state index contributed by atoms with van der Waals surface area (Å²) in [6, 6.07) is 14.4. The summed E-state index contributed by atoms with van der Waals surface area (Å²) in [5, 5.41) is 3.78. The van der Waals surface area contributed by atoms with Gasteiger partial charge in [-0.25, -0.2) is 0 Å². The second kappa shape index (κ2) is 6.31. The maximum atomic E-state index is 12.8. The first-order valence-electron chi connectivity index (χ1n) is 7.18. The number of aromatic nitrogens is 2. The molecular formula is C18H13F3N2O. The molecular weight excluding hydrogens is 317 g/mol. The molecule has 1 heterocycles. The molecule has 0 radical (unpaired) electrons. The number of halogens is 3. The monoisotopic (exact) mass is 330 g/mol. The Labute approximate surface area is 136 Å². The first-order chi connectivity index (χ1) is 11.4. The van der Waals surface area contributed by atoms with Crippen molar-refractivity contribution in [1.82, 2.24) is 10.1 Å². The Bertz CT molecular complexity index is 867. The number of hydrogen-bond donors (Lipinski definition) is 0. The van der Waals surface area contributed by atoms with Crippen LogP contribution >= 0.6 is 0 Å². The zero-order valence-corrected chi connectivity index (χ0v) is 12.7. The first-order valence-corrected chi connectivity index (χ1v) is 7.18. The van der Waals surface area contributed by atoms with Crippen LogP contribution in [0.4, 0.5) is 13.2 Å². The molecule has 6 heteroatoms. The van der Waals surface area contributed by atoms with Crippen LogP contribution in [0.2, 0.25) is 0 Å².